The van der Waals surface area contributed by atoms with Crippen LogP contribution in [0.25, 0.3) is 0 Å². The first-order chi connectivity index (χ1) is 7.73. The smallest absolute Gasteiger partial charge is 0.150 e. The molecule has 1 heterocycles. The average Bonchev–Trinajstić information content (AvgIpc) is 2.35. The van der Waals surface area contributed by atoms with Gasteiger partial charge in [0.1, 0.15) is 7.12 Å². The molecule has 0 aromatic rings. The largest absolute Gasteiger partial charge is 0.583 e. The predicted molar refractivity (Wildman–Crippen MR) is 68.7 cm³/mol. The van der Waals surface area contributed by atoms with E-state index >= 15 is 0 Å². The first-order valence-corrected chi connectivity index (χ1v) is 6.13. The van der Waals surface area contributed by atoms with Gasteiger partial charge in [0, 0.05) is 38.4 Å². The number of rotatable bonds is 1. The predicted octanol–water partition coefficient (Wildman–Crippen LogP) is 2.32. The van der Waals surface area contributed by atoms with Crippen molar-refractivity contribution in [2.75, 3.05) is 0 Å². The van der Waals surface area contributed by atoms with Crippen LogP contribution in [0.5, 0.6) is 0 Å². The Morgan fingerprint density at radius 2 is 1.67 bits per heavy atom. The molecule has 2 aliphatic rings. The van der Waals surface area contributed by atoms with Crippen LogP contribution in [0, 0.1) is 0 Å². The third-order valence-electron chi connectivity index (χ3n) is 4.00. The van der Waals surface area contributed by atoms with E-state index in [1.165, 1.54) is 0 Å². The van der Waals surface area contributed by atoms with Gasteiger partial charge in [0.15, 0.2) is 0 Å². The Labute approximate surface area is 124 Å². The summed E-state index contributed by atoms with van der Waals surface area (Å²) in [5.41, 5.74) is 0.383. The van der Waals surface area contributed by atoms with Gasteiger partial charge in [0.2, 0.25) is 0 Å². The Hall–Kier alpha value is 0.113. The van der Waals surface area contributed by atoms with Crippen molar-refractivity contribution in [3.63, 3.8) is 0 Å². The van der Waals surface area contributed by atoms with Crippen LogP contribution in [0.2, 0.25) is 5.82 Å². The molecule has 1 aliphatic carbocycles. The molecule has 0 aromatic heterocycles. The summed E-state index contributed by atoms with van der Waals surface area (Å²) in [5.74, 6) is -0.125. The molecule has 1 radical (unpaired) electrons. The van der Waals surface area contributed by atoms with Crippen molar-refractivity contribution in [1.29, 1.82) is 0 Å². The van der Waals surface area contributed by atoms with E-state index in [9.17, 15) is 5.11 Å². The van der Waals surface area contributed by atoms with E-state index in [0.717, 1.165) is 5.57 Å². The van der Waals surface area contributed by atoms with Crippen LogP contribution in [0.1, 0.15) is 34.6 Å². The fraction of sp³-hybridized carbons (Fsp3) is 0.692. The van der Waals surface area contributed by atoms with Crippen LogP contribution in [-0.2, 0) is 30.4 Å². The molecule has 5 heteroatoms. The Morgan fingerprint density at radius 1 is 1.17 bits per heavy atom. The van der Waals surface area contributed by atoms with E-state index in [4.69, 9.17) is 9.31 Å². The van der Waals surface area contributed by atoms with Crippen LogP contribution in [0.4, 0.5) is 0 Å². The summed E-state index contributed by atoms with van der Waals surface area (Å²) in [6.07, 6.45) is 5.29. The summed E-state index contributed by atoms with van der Waals surface area (Å²) in [5, 5.41) is 10.1. The second kappa shape index (κ2) is 5.24. The van der Waals surface area contributed by atoms with E-state index in [1.54, 1.807) is 0 Å². The van der Waals surface area contributed by atoms with Gasteiger partial charge < -0.3 is 14.4 Å². The van der Waals surface area contributed by atoms with Crippen molar-refractivity contribution in [1.82, 2.24) is 0 Å². The van der Waals surface area contributed by atoms with Crippen molar-refractivity contribution >= 4 is 7.12 Å². The monoisotopic (exact) mass is 334 g/mol. The van der Waals surface area contributed by atoms with Crippen molar-refractivity contribution in [3.05, 3.63) is 23.8 Å². The molecule has 2 rings (SSSR count). The van der Waals surface area contributed by atoms with Gasteiger partial charge in [-0.05, 0) is 34.6 Å². The number of allylic oxidation sites excluding steroid dienone is 2. The molecule has 18 heavy (non-hydrogen) atoms. The van der Waals surface area contributed by atoms with Crippen LogP contribution < -0.4 is 0 Å². The normalized spacial score (nSPS) is 34.0. The van der Waals surface area contributed by atoms with Gasteiger partial charge in [-0.3, -0.25) is 0 Å². The molecule has 1 fully saturated rings. The zero-order chi connectivity index (χ0) is 12.8. The maximum atomic E-state index is 10.1. The van der Waals surface area contributed by atoms with Crippen molar-refractivity contribution in [3.8, 4) is 0 Å². The number of aliphatic hydroxyl groups excluding tert-OH is 1. The third-order valence-corrected chi connectivity index (χ3v) is 4.00. The minimum Gasteiger partial charge on any atom is -0.583 e. The second-order valence-corrected chi connectivity index (χ2v) is 5.96. The Bertz CT molecular complexity index is 360. The number of hydrogen-bond acceptors (Lipinski definition) is 3. The molecule has 0 amide bonds. The Morgan fingerprint density at radius 3 is 2.11 bits per heavy atom. The fourth-order valence-electron chi connectivity index (χ4n) is 2.11. The SMILES string of the molecule is CC1=CC(O)C([B-]2OC(C)(C)C(C)(C)O2)C=C1.[Mo]. The molecular weight excluding hydrogens is 311 g/mol. The van der Waals surface area contributed by atoms with Gasteiger partial charge in [0.25, 0.3) is 0 Å². The summed E-state index contributed by atoms with van der Waals surface area (Å²) < 4.78 is 11.9. The molecule has 3 nitrogen and oxygen atoms in total. The second-order valence-electron chi connectivity index (χ2n) is 5.96. The van der Waals surface area contributed by atoms with Gasteiger partial charge in [-0.15, -0.1) is 6.08 Å². The molecular formula is C13H21BMoO3-. The van der Waals surface area contributed by atoms with E-state index in [0.29, 0.717) is 0 Å². The molecule has 101 valence electrons. The van der Waals surface area contributed by atoms with E-state index in [1.807, 2.05) is 52.8 Å². The fourth-order valence-corrected chi connectivity index (χ4v) is 2.11. The Kier molecular flexibility index (Phi) is 4.71. The third kappa shape index (κ3) is 2.82. The summed E-state index contributed by atoms with van der Waals surface area (Å²) >= 11 is 0. The molecule has 1 aliphatic heterocycles. The molecule has 2 atom stereocenters. The van der Waals surface area contributed by atoms with E-state index < -0.39 is 6.10 Å². The van der Waals surface area contributed by atoms with Crippen molar-refractivity contribution in [2.24, 2.45) is 0 Å². The molecule has 0 saturated carbocycles. The Balaban J connectivity index is 0.00000162. The van der Waals surface area contributed by atoms with Gasteiger partial charge in [-0.2, -0.15) is 0 Å². The summed E-state index contributed by atoms with van der Waals surface area (Å²) in [4.78, 5) is 0. The molecule has 2 unspecified atom stereocenters. The van der Waals surface area contributed by atoms with Gasteiger partial charge in [-0.1, -0.05) is 23.5 Å². The van der Waals surface area contributed by atoms with Crippen molar-refractivity contribution in [2.45, 2.75) is 57.7 Å². The summed E-state index contributed by atoms with van der Waals surface area (Å²) in [7, 11) is -0.379. The molecule has 0 aromatic carbocycles. The van der Waals surface area contributed by atoms with Crippen molar-refractivity contribution < 1.29 is 35.5 Å². The average molecular weight is 332 g/mol. The maximum Gasteiger partial charge on any atom is 0.150 e. The van der Waals surface area contributed by atoms with Crippen LogP contribution in [0.15, 0.2) is 23.8 Å². The van der Waals surface area contributed by atoms with Gasteiger partial charge >= 0.3 is 0 Å². The molecule has 1 saturated heterocycles. The number of hydrogen-bond donors (Lipinski definition) is 1. The maximum absolute atomic E-state index is 10.1. The van der Waals surface area contributed by atoms with Crippen LogP contribution in [0.3, 0.4) is 0 Å². The first kappa shape index (κ1) is 16.2. The zero-order valence-electron chi connectivity index (χ0n) is 11.6. The standard InChI is InChI=1S/C13H21BO3.Mo/c1-9-6-7-10(11(15)8-9)14-16-12(2,3)13(4,5)17-14;/h6-8,10-11,15H,1-5H3;/q-1;. The quantitative estimate of drug-likeness (QED) is 0.749. The minimum atomic E-state index is -0.533. The van der Waals surface area contributed by atoms with Crippen LogP contribution in [-0.4, -0.2) is 29.5 Å². The minimum absolute atomic E-state index is 0. The van der Waals surface area contributed by atoms with E-state index in [2.05, 4.69) is 0 Å². The topological polar surface area (TPSA) is 38.7 Å². The van der Waals surface area contributed by atoms with E-state index in [-0.39, 0.29) is 45.2 Å². The molecule has 0 bridgehead atoms. The number of aliphatic hydroxyl groups is 1. The molecule has 1 N–H and O–H groups in total. The zero-order valence-corrected chi connectivity index (χ0v) is 13.6. The first-order valence-electron chi connectivity index (χ1n) is 6.13. The summed E-state index contributed by atoms with van der Waals surface area (Å²) in [6.45, 7) is 10.1. The van der Waals surface area contributed by atoms with Gasteiger partial charge in [0.05, 0.1) is 0 Å². The van der Waals surface area contributed by atoms with Gasteiger partial charge in [-0.25, -0.2) is 0 Å². The summed E-state index contributed by atoms with van der Waals surface area (Å²) in [6, 6.07) is 0. The molecule has 0 spiro atoms. The van der Waals surface area contributed by atoms with Crippen LogP contribution >= 0.6 is 0 Å².